The number of allylic oxidation sites excluding steroid dienone is 1. The largest absolute Gasteiger partial charge is 0.490 e. The predicted molar refractivity (Wildman–Crippen MR) is 84.8 cm³/mol. The number of benzene rings is 1. The zero-order chi connectivity index (χ0) is 15.3. The molecule has 0 heterocycles. The van der Waals surface area contributed by atoms with Crippen LogP contribution in [0.25, 0.3) is 0 Å². The van der Waals surface area contributed by atoms with E-state index >= 15 is 0 Å². The zero-order valence-corrected chi connectivity index (χ0v) is 13.5. The number of hydrogen-bond acceptors (Lipinski definition) is 2. The van der Waals surface area contributed by atoms with Gasteiger partial charge in [-0.1, -0.05) is 38.1 Å². The monoisotopic (exact) mass is 274 g/mol. The van der Waals surface area contributed by atoms with Crippen LogP contribution in [0.1, 0.15) is 38.8 Å². The van der Waals surface area contributed by atoms with Crippen LogP contribution in [-0.4, -0.2) is 6.61 Å². The molecule has 0 bridgehead atoms. The Hall–Kier alpha value is -1.70. The highest BCUT2D eigenvalue weighted by atomic mass is 16.5. The van der Waals surface area contributed by atoms with Gasteiger partial charge >= 0.3 is 0 Å². The van der Waals surface area contributed by atoms with Crippen molar-refractivity contribution in [1.29, 1.82) is 0 Å². The van der Waals surface area contributed by atoms with Crippen molar-refractivity contribution < 1.29 is 9.47 Å². The van der Waals surface area contributed by atoms with Crippen LogP contribution in [0.5, 0.6) is 5.75 Å². The van der Waals surface area contributed by atoms with E-state index in [0.29, 0.717) is 18.3 Å². The molecule has 0 saturated carbocycles. The van der Waals surface area contributed by atoms with Gasteiger partial charge in [0.2, 0.25) is 0 Å². The fraction of sp³-hybridized carbons (Fsp3) is 0.444. The lowest BCUT2D eigenvalue weighted by Crippen LogP contribution is -2.08. The Balaban J connectivity index is 2.84. The lowest BCUT2D eigenvalue weighted by molar-refractivity contribution is 0.166. The molecule has 0 aliphatic heterocycles. The van der Waals surface area contributed by atoms with Crippen molar-refractivity contribution in [3.05, 3.63) is 53.0 Å². The molecule has 0 amide bonds. The number of aryl methyl sites for hydroxylation is 2. The van der Waals surface area contributed by atoms with Crippen LogP contribution in [0, 0.1) is 19.8 Å². The lowest BCUT2D eigenvalue weighted by Gasteiger charge is -2.18. The molecule has 0 spiro atoms. The summed E-state index contributed by atoms with van der Waals surface area (Å²) in [6, 6.07) is 6.10. The number of ether oxygens (including phenoxy) is 2. The Morgan fingerprint density at radius 3 is 2.35 bits per heavy atom. The van der Waals surface area contributed by atoms with E-state index < -0.39 is 0 Å². The summed E-state index contributed by atoms with van der Waals surface area (Å²) in [5.41, 5.74) is 3.39. The minimum atomic E-state index is 0.471. The van der Waals surface area contributed by atoms with Gasteiger partial charge in [-0.15, -0.1) is 0 Å². The third kappa shape index (κ3) is 4.76. The molecule has 0 unspecified atom stereocenters. The number of rotatable bonds is 6. The van der Waals surface area contributed by atoms with E-state index in [1.54, 1.807) is 0 Å². The van der Waals surface area contributed by atoms with E-state index in [2.05, 4.69) is 33.4 Å². The molecule has 110 valence electrons. The van der Waals surface area contributed by atoms with E-state index in [4.69, 9.17) is 9.47 Å². The molecule has 0 N–H and O–H groups in total. The van der Waals surface area contributed by atoms with Crippen LogP contribution in [0.4, 0.5) is 0 Å². The van der Waals surface area contributed by atoms with Gasteiger partial charge < -0.3 is 9.47 Å². The van der Waals surface area contributed by atoms with Crippen molar-refractivity contribution in [2.24, 2.45) is 5.92 Å². The second kappa shape index (κ2) is 7.18. The third-order valence-corrected chi connectivity index (χ3v) is 2.83. The minimum absolute atomic E-state index is 0.471. The molecule has 0 aliphatic carbocycles. The first-order chi connectivity index (χ1) is 9.31. The van der Waals surface area contributed by atoms with Crippen molar-refractivity contribution >= 4 is 0 Å². The van der Waals surface area contributed by atoms with Gasteiger partial charge in [0.25, 0.3) is 0 Å². The van der Waals surface area contributed by atoms with Crippen LogP contribution in [0.3, 0.4) is 0 Å². The molecule has 0 radical (unpaired) electrons. The van der Waals surface area contributed by atoms with Crippen molar-refractivity contribution in [3.63, 3.8) is 0 Å². The van der Waals surface area contributed by atoms with Gasteiger partial charge in [0.1, 0.15) is 5.75 Å². The Morgan fingerprint density at radius 2 is 1.85 bits per heavy atom. The van der Waals surface area contributed by atoms with Crippen LogP contribution < -0.4 is 4.74 Å². The summed E-state index contributed by atoms with van der Waals surface area (Å²) in [4.78, 5) is 0. The standard InChI is InChI=1S/C18H26O2/c1-12(2)11-19-18(13(3)4)16(7)20-17-9-8-14(5)10-15(17)6/h8-10,12H,7,11H2,1-6H3. The topological polar surface area (TPSA) is 18.5 Å². The summed E-state index contributed by atoms with van der Waals surface area (Å²) in [7, 11) is 0. The number of hydrogen-bond donors (Lipinski definition) is 0. The van der Waals surface area contributed by atoms with E-state index in [-0.39, 0.29) is 0 Å². The van der Waals surface area contributed by atoms with E-state index in [0.717, 1.165) is 22.6 Å². The molecule has 1 aromatic rings. The quantitative estimate of drug-likeness (QED) is 0.527. The lowest BCUT2D eigenvalue weighted by atomic mass is 10.1. The molecule has 0 fully saturated rings. The highest BCUT2D eigenvalue weighted by molar-refractivity contribution is 5.38. The fourth-order valence-corrected chi connectivity index (χ4v) is 1.85. The first kappa shape index (κ1) is 16.4. The smallest absolute Gasteiger partial charge is 0.162 e. The Labute approximate surface area is 123 Å². The van der Waals surface area contributed by atoms with Gasteiger partial charge in [0.05, 0.1) is 6.61 Å². The minimum Gasteiger partial charge on any atom is -0.490 e. The van der Waals surface area contributed by atoms with Gasteiger partial charge in [0, 0.05) is 0 Å². The van der Waals surface area contributed by atoms with Crippen LogP contribution in [0.2, 0.25) is 0 Å². The van der Waals surface area contributed by atoms with Gasteiger partial charge in [-0.05, 0) is 50.8 Å². The molecule has 0 atom stereocenters. The molecule has 0 aromatic heterocycles. The maximum atomic E-state index is 5.88. The Bertz CT molecular complexity index is 506. The third-order valence-electron chi connectivity index (χ3n) is 2.83. The molecule has 1 rings (SSSR count). The SMILES string of the molecule is C=C(Oc1ccc(C)cc1C)C(OCC(C)C)=C(C)C. The van der Waals surface area contributed by atoms with E-state index in [1.807, 2.05) is 32.9 Å². The molecule has 1 aromatic carbocycles. The first-order valence-corrected chi connectivity index (χ1v) is 7.06. The zero-order valence-electron chi connectivity index (χ0n) is 13.5. The van der Waals surface area contributed by atoms with Crippen molar-refractivity contribution in [2.45, 2.75) is 41.5 Å². The van der Waals surface area contributed by atoms with Crippen LogP contribution >= 0.6 is 0 Å². The highest BCUT2D eigenvalue weighted by Crippen LogP contribution is 2.25. The van der Waals surface area contributed by atoms with Gasteiger partial charge in [-0.2, -0.15) is 0 Å². The van der Waals surface area contributed by atoms with E-state index in [1.165, 1.54) is 5.56 Å². The molecule has 2 nitrogen and oxygen atoms in total. The molecule has 0 saturated heterocycles. The highest BCUT2D eigenvalue weighted by Gasteiger charge is 2.11. The second-order valence-electron chi connectivity index (χ2n) is 5.83. The van der Waals surface area contributed by atoms with Gasteiger partial charge in [0.15, 0.2) is 11.5 Å². The average molecular weight is 274 g/mol. The molecule has 2 heteroatoms. The molecule has 0 aliphatic rings. The van der Waals surface area contributed by atoms with Crippen molar-refractivity contribution in [1.82, 2.24) is 0 Å². The summed E-state index contributed by atoms with van der Waals surface area (Å²) in [5, 5.41) is 0. The molecule has 20 heavy (non-hydrogen) atoms. The second-order valence-corrected chi connectivity index (χ2v) is 5.83. The predicted octanol–water partition coefficient (Wildman–Crippen LogP) is 5.16. The summed E-state index contributed by atoms with van der Waals surface area (Å²) in [5.74, 6) is 2.61. The average Bonchev–Trinajstić information content (AvgIpc) is 2.32. The van der Waals surface area contributed by atoms with Crippen LogP contribution in [0.15, 0.2) is 41.9 Å². The fourth-order valence-electron chi connectivity index (χ4n) is 1.85. The summed E-state index contributed by atoms with van der Waals surface area (Å²) in [6.07, 6.45) is 0. The van der Waals surface area contributed by atoms with Gasteiger partial charge in [-0.25, -0.2) is 0 Å². The normalized spacial score (nSPS) is 10.3. The maximum absolute atomic E-state index is 5.88. The summed E-state index contributed by atoms with van der Waals surface area (Å²) >= 11 is 0. The molecular weight excluding hydrogens is 248 g/mol. The van der Waals surface area contributed by atoms with Crippen LogP contribution in [-0.2, 0) is 4.74 Å². The maximum Gasteiger partial charge on any atom is 0.162 e. The van der Waals surface area contributed by atoms with Crippen molar-refractivity contribution in [3.8, 4) is 5.75 Å². The molecular formula is C18H26O2. The van der Waals surface area contributed by atoms with Gasteiger partial charge in [-0.3, -0.25) is 0 Å². The summed E-state index contributed by atoms with van der Waals surface area (Å²) < 4.78 is 11.7. The Morgan fingerprint density at radius 1 is 1.20 bits per heavy atom. The first-order valence-electron chi connectivity index (χ1n) is 7.06. The Kier molecular flexibility index (Phi) is 5.87. The van der Waals surface area contributed by atoms with E-state index in [9.17, 15) is 0 Å². The van der Waals surface area contributed by atoms with Crippen molar-refractivity contribution in [2.75, 3.05) is 6.61 Å². The summed E-state index contributed by atoms with van der Waals surface area (Å²) in [6.45, 7) is 17.0.